The molecule has 3 aromatic rings. The molecule has 6 nitrogen and oxygen atoms in total. The summed E-state index contributed by atoms with van der Waals surface area (Å²) < 4.78 is 1.88. The van der Waals surface area contributed by atoms with Gasteiger partial charge in [0, 0.05) is 12.4 Å². The van der Waals surface area contributed by atoms with Gasteiger partial charge in [-0.25, -0.2) is 15.8 Å². The normalized spacial score (nSPS) is 12.3. The van der Waals surface area contributed by atoms with Crippen LogP contribution in [0, 0.1) is 6.92 Å². The number of nitrogens with one attached hydrogen (secondary N) is 2. The minimum Gasteiger partial charge on any atom is -0.360 e. The fraction of sp³-hybridized carbons (Fsp3) is 0.200. The predicted molar refractivity (Wildman–Crippen MR) is 84.0 cm³/mol. The molecule has 0 saturated carbocycles. The van der Waals surface area contributed by atoms with E-state index >= 15 is 0 Å². The number of hydrazine groups is 1. The third-order valence-electron chi connectivity index (χ3n) is 3.53. The van der Waals surface area contributed by atoms with Gasteiger partial charge in [0.25, 0.3) is 0 Å². The Morgan fingerprint density at radius 3 is 2.86 bits per heavy atom. The summed E-state index contributed by atoms with van der Waals surface area (Å²) in [5.74, 6) is 6.75. The summed E-state index contributed by atoms with van der Waals surface area (Å²) in [6.45, 7) is 4.20. The average Bonchev–Trinajstić information content (AvgIpc) is 2.96. The Bertz CT molecular complexity index is 764. The number of nitrogens with two attached hydrogens (primary N) is 1. The van der Waals surface area contributed by atoms with Crippen LogP contribution in [0.25, 0.3) is 5.65 Å². The van der Waals surface area contributed by atoms with Gasteiger partial charge in [-0.2, -0.15) is 0 Å². The molecule has 4 N–H and O–H groups in total. The molecule has 0 aliphatic carbocycles. The summed E-state index contributed by atoms with van der Waals surface area (Å²) >= 11 is 0. The Hall–Kier alpha value is -2.60. The van der Waals surface area contributed by atoms with Crippen molar-refractivity contribution in [1.29, 1.82) is 0 Å². The molecule has 21 heavy (non-hydrogen) atoms. The molecule has 0 bridgehead atoms. The van der Waals surface area contributed by atoms with Crippen molar-refractivity contribution in [3.8, 4) is 0 Å². The lowest BCUT2D eigenvalue weighted by Gasteiger charge is -2.18. The van der Waals surface area contributed by atoms with Crippen LogP contribution < -0.4 is 16.6 Å². The number of benzene rings is 1. The molecule has 1 unspecified atom stereocenters. The summed E-state index contributed by atoms with van der Waals surface area (Å²) in [5.41, 5.74) is 5.82. The maximum Gasteiger partial charge on any atom is 0.180 e. The highest BCUT2D eigenvalue weighted by atomic mass is 15.3. The van der Waals surface area contributed by atoms with Gasteiger partial charge < -0.3 is 15.1 Å². The van der Waals surface area contributed by atoms with Crippen molar-refractivity contribution in [2.45, 2.75) is 19.9 Å². The molecule has 0 aliphatic heterocycles. The SMILES string of the molecule is Cc1ccccc1C(C)Nc1nc(NN)cn2ccnc12. The topological polar surface area (TPSA) is 80.3 Å². The van der Waals surface area contributed by atoms with Gasteiger partial charge in [0.15, 0.2) is 17.3 Å². The van der Waals surface area contributed by atoms with Crippen molar-refractivity contribution >= 4 is 17.3 Å². The molecule has 2 heterocycles. The zero-order valence-corrected chi connectivity index (χ0v) is 12.0. The first-order chi connectivity index (χ1) is 10.2. The van der Waals surface area contributed by atoms with E-state index in [9.17, 15) is 0 Å². The number of fused-ring (bicyclic) bond motifs is 1. The number of aryl methyl sites for hydroxylation is 1. The summed E-state index contributed by atoms with van der Waals surface area (Å²) in [5, 5.41) is 3.41. The monoisotopic (exact) mass is 282 g/mol. The number of imidazole rings is 1. The van der Waals surface area contributed by atoms with Crippen LogP contribution in [0.2, 0.25) is 0 Å². The van der Waals surface area contributed by atoms with E-state index in [0.29, 0.717) is 11.6 Å². The van der Waals surface area contributed by atoms with E-state index < -0.39 is 0 Å². The van der Waals surface area contributed by atoms with Crippen molar-refractivity contribution in [2.75, 3.05) is 10.7 Å². The number of hydrogen-bond acceptors (Lipinski definition) is 5. The molecule has 0 amide bonds. The highest BCUT2D eigenvalue weighted by molar-refractivity contribution is 5.66. The molecule has 6 heteroatoms. The van der Waals surface area contributed by atoms with Gasteiger partial charge in [-0.15, -0.1) is 0 Å². The Labute approximate surface area is 123 Å². The van der Waals surface area contributed by atoms with Crippen LogP contribution in [0.3, 0.4) is 0 Å². The molecule has 0 aliphatic rings. The zero-order chi connectivity index (χ0) is 14.8. The molecule has 1 aromatic carbocycles. The van der Waals surface area contributed by atoms with Gasteiger partial charge in [-0.1, -0.05) is 24.3 Å². The minimum absolute atomic E-state index is 0.118. The first-order valence-corrected chi connectivity index (χ1v) is 6.81. The fourth-order valence-corrected chi connectivity index (χ4v) is 2.45. The number of nitrogen functional groups attached to an aromatic ring is 1. The first-order valence-electron chi connectivity index (χ1n) is 6.81. The largest absolute Gasteiger partial charge is 0.360 e. The van der Waals surface area contributed by atoms with Crippen LogP contribution in [0.5, 0.6) is 0 Å². The number of anilines is 2. The smallest absolute Gasteiger partial charge is 0.180 e. The molecule has 0 radical (unpaired) electrons. The molecule has 0 saturated heterocycles. The summed E-state index contributed by atoms with van der Waals surface area (Å²) in [6, 6.07) is 8.41. The quantitative estimate of drug-likeness (QED) is 0.506. The van der Waals surface area contributed by atoms with E-state index in [1.807, 2.05) is 22.7 Å². The number of hydrogen-bond donors (Lipinski definition) is 3. The summed E-state index contributed by atoms with van der Waals surface area (Å²) in [6.07, 6.45) is 5.40. The maximum atomic E-state index is 5.47. The van der Waals surface area contributed by atoms with Crippen molar-refractivity contribution in [1.82, 2.24) is 14.4 Å². The van der Waals surface area contributed by atoms with E-state index in [1.54, 1.807) is 12.4 Å². The van der Waals surface area contributed by atoms with Gasteiger partial charge in [0.05, 0.1) is 12.2 Å². The Balaban J connectivity index is 1.97. The standard InChI is InChI=1S/C15H18N6/c1-10-5-3-4-6-12(10)11(2)18-14-15-17-7-8-21(15)9-13(19-14)20-16/h3-9,11,20H,16H2,1-2H3,(H,18,19). The minimum atomic E-state index is 0.118. The number of nitrogens with zero attached hydrogens (tertiary/aromatic N) is 3. The van der Waals surface area contributed by atoms with Crippen molar-refractivity contribution in [3.63, 3.8) is 0 Å². The highest BCUT2D eigenvalue weighted by Gasteiger charge is 2.12. The summed E-state index contributed by atoms with van der Waals surface area (Å²) in [4.78, 5) is 8.79. The number of rotatable bonds is 4. The van der Waals surface area contributed by atoms with Gasteiger partial charge in [-0.3, -0.25) is 0 Å². The Kier molecular flexibility index (Phi) is 3.45. The summed E-state index contributed by atoms with van der Waals surface area (Å²) in [7, 11) is 0. The number of aromatic nitrogens is 3. The average molecular weight is 282 g/mol. The van der Waals surface area contributed by atoms with Gasteiger partial charge in [0.2, 0.25) is 0 Å². The molecular weight excluding hydrogens is 264 g/mol. The van der Waals surface area contributed by atoms with Gasteiger partial charge >= 0.3 is 0 Å². The third-order valence-corrected chi connectivity index (χ3v) is 3.53. The van der Waals surface area contributed by atoms with Crippen LogP contribution in [-0.2, 0) is 0 Å². The second kappa shape index (κ2) is 5.41. The first kappa shape index (κ1) is 13.4. The van der Waals surface area contributed by atoms with E-state index in [1.165, 1.54) is 11.1 Å². The molecule has 1 atom stereocenters. The van der Waals surface area contributed by atoms with Crippen LogP contribution in [0.15, 0.2) is 42.9 Å². The second-order valence-electron chi connectivity index (χ2n) is 5.00. The predicted octanol–water partition coefficient (Wildman–Crippen LogP) is 2.50. The van der Waals surface area contributed by atoms with E-state index in [-0.39, 0.29) is 6.04 Å². The van der Waals surface area contributed by atoms with E-state index in [4.69, 9.17) is 5.84 Å². The Morgan fingerprint density at radius 2 is 2.10 bits per heavy atom. The van der Waals surface area contributed by atoms with Crippen molar-refractivity contribution in [2.24, 2.45) is 5.84 Å². The van der Waals surface area contributed by atoms with Crippen LogP contribution in [0.1, 0.15) is 24.1 Å². The highest BCUT2D eigenvalue weighted by Crippen LogP contribution is 2.24. The van der Waals surface area contributed by atoms with E-state index in [2.05, 4.69) is 46.7 Å². The van der Waals surface area contributed by atoms with Crippen molar-refractivity contribution in [3.05, 3.63) is 54.0 Å². The molecule has 2 aromatic heterocycles. The van der Waals surface area contributed by atoms with Gasteiger partial charge in [0.1, 0.15) is 0 Å². The fourth-order valence-electron chi connectivity index (χ4n) is 2.45. The van der Waals surface area contributed by atoms with Crippen molar-refractivity contribution < 1.29 is 0 Å². The lowest BCUT2D eigenvalue weighted by Crippen LogP contribution is -2.14. The second-order valence-corrected chi connectivity index (χ2v) is 5.00. The lowest BCUT2D eigenvalue weighted by atomic mass is 10.0. The lowest BCUT2D eigenvalue weighted by molar-refractivity contribution is 0.863. The Morgan fingerprint density at radius 1 is 1.29 bits per heavy atom. The van der Waals surface area contributed by atoms with Crippen LogP contribution in [-0.4, -0.2) is 14.4 Å². The molecule has 0 spiro atoms. The van der Waals surface area contributed by atoms with E-state index in [0.717, 1.165) is 5.65 Å². The molecule has 0 fully saturated rings. The zero-order valence-electron chi connectivity index (χ0n) is 12.0. The molecular formula is C15H18N6. The molecule has 108 valence electrons. The third kappa shape index (κ3) is 2.53. The molecule has 3 rings (SSSR count). The van der Waals surface area contributed by atoms with Crippen LogP contribution in [0.4, 0.5) is 11.6 Å². The van der Waals surface area contributed by atoms with Crippen LogP contribution >= 0.6 is 0 Å². The maximum absolute atomic E-state index is 5.47. The van der Waals surface area contributed by atoms with Gasteiger partial charge in [-0.05, 0) is 25.0 Å².